The van der Waals surface area contributed by atoms with Crippen LogP contribution in [0.25, 0.3) is 0 Å². The van der Waals surface area contributed by atoms with E-state index in [1.807, 2.05) is 30.3 Å². The summed E-state index contributed by atoms with van der Waals surface area (Å²) in [5.41, 5.74) is -0.544. The molecule has 2 fully saturated rings. The number of rotatable bonds is 5. The smallest absolute Gasteiger partial charge is 0.321 e. The fourth-order valence-electron chi connectivity index (χ4n) is 6.69. The summed E-state index contributed by atoms with van der Waals surface area (Å²) in [6, 6.07) is 13.8. The van der Waals surface area contributed by atoms with Crippen LogP contribution in [-0.2, 0) is 18.9 Å². The van der Waals surface area contributed by atoms with Gasteiger partial charge in [0.2, 0.25) is 0 Å². The second kappa shape index (κ2) is 12.1. The van der Waals surface area contributed by atoms with Gasteiger partial charge in [-0.25, -0.2) is 9.18 Å². The van der Waals surface area contributed by atoms with Crippen molar-refractivity contribution in [3.63, 3.8) is 0 Å². The highest BCUT2D eigenvalue weighted by Gasteiger charge is 2.47. The Hall–Kier alpha value is -3.60. The van der Waals surface area contributed by atoms with Gasteiger partial charge in [0.25, 0.3) is 0 Å². The molecule has 0 N–H and O–H groups in total. The summed E-state index contributed by atoms with van der Waals surface area (Å²) in [6.07, 6.45) is -9.32. The third-order valence-electron chi connectivity index (χ3n) is 9.07. The van der Waals surface area contributed by atoms with E-state index in [9.17, 15) is 35.5 Å². The number of carbonyl (C=O) groups is 1. The minimum absolute atomic E-state index is 0.00494. The van der Waals surface area contributed by atoms with Crippen LogP contribution in [-0.4, -0.2) is 47.4 Å². The van der Waals surface area contributed by atoms with Crippen LogP contribution in [0.4, 0.5) is 35.5 Å². The molecule has 0 aromatic heterocycles. The zero-order valence-corrected chi connectivity index (χ0v) is 24.6. The van der Waals surface area contributed by atoms with E-state index in [0.29, 0.717) is 37.2 Å². The van der Waals surface area contributed by atoms with Crippen LogP contribution in [0.3, 0.4) is 0 Å². The number of piperidine rings is 1. The molecule has 1 unspecified atom stereocenters. The average molecular weight is 622 g/mol. The van der Waals surface area contributed by atoms with E-state index in [-0.39, 0.29) is 23.5 Å². The Morgan fingerprint density at radius 2 is 1.57 bits per heavy atom. The summed E-state index contributed by atoms with van der Waals surface area (Å²) in [4.78, 5) is 19.3. The zero-order chi connectivity index (χ0) is 32.0. The first-order chi connectivity index (χ1) is 20.6. The summed E-state index contributed by atoms with van der Waals surface area (Å²) in [6.45, 7) is 5.74. The summed E-state index contributed by atoms with van der Waals surface area (Å²) < 4.78 is 95.5. The molecule has 3 aromatic rings. The molecule has 0 saturated carbocycles. The fraction of sp³-hybridized carbons (Fsp3) is 0.424. The monoisotopic (exact) mass is 621 g/mol. The number of benzene rings is 3. The quantitative estimate of drug-likeness (QED) is 0.267. The molecule has 236 valence electrons. The van der Waals surface area contributed by atoms with Gasteiger partial charge in [-0.2, -0.15) is 26.3 Å². The van der Waals surface area contributed by atoms with Gasteiger partial charge in [-0.1, -0.05) is 36.4 Å². The molecule has 4 nitrogen and oxygen atoms in total. The molecule has 5 rings (SSSR count). The van der Waals surface area contributed by atoms with Crippen LogP contribution in [0.15, 0.2) is 66.7 Å². The van der Waals surface area contributed by atoms with E-state index in [1.165, 1.54) is 31.0 Å². The zero-order valence-electron chi connectivity index (χ0n) is 24.6. The van der Waals surface area contributed by atoms with E-state index in [4.69, 9.17) is 0 Å². The molecule has 2 amide bonds. The Balaban J connectivity index is 1.46. The van der Waals surface area contributed by atoms with Gasteiger partial charge in [0.15, 0.2) is 0 Å². The van der Waals surface area contributed by atoms with Crippen molar-refractivity contribution < 1.29 is 35.5 Å². The number of hydrogen-bond donors (Lipinski definition) is 0. The third kappa shape index (κ3) is 6.57. The SMILES string of the molecule is Cc1cc(F)ccc1[C@H]1C2CN(Cc3ccccc3)C[C@H]2CCN1C(=O)N(C)[C@H](C)c1cc(C(F)(F)F)cc(C(F)(F)F)c1. The molecule has 0 bridgehead atoms. The number of carbonyl (C=O) groups excluding carboxylic acids is 1. The van der Waals surface area contributed by atoms with Gasteiger partial charge in [0.05, 0.1) is 23.2 Å². The molecule has 2 heterocycles. The predicted octanol–water partition coefficient (Wildman–Crippen LogP) is 8.48. The number of hydrogen-bond acceptors (Lipinski definition) is 2. The van der Waals surface area contributed by atoms with Crippen molar-refractivity contribution in [1.82, 2.24) is 14.7 Å². The van der Waals surface area contributed by atoms with Crippen LogP contribution >= 0.6 is 0 Å². The summed E-state index contributed by atoms with van der Waals surface area (Å²) in [5.74, 6) is -0.170. The second-order valence-corrected chi connectivity index (χ2v) is 11.9. The Morgan fingerprint density at radius 1 is 0.932 bits per heavy atom. The van der Waals surface area contributed by atoms with Crippen molar-refractivity contribution in [3.8, 4) is 0 Å². The first-order valence-corrected chi connectivity index (χ1v) is 14.5. The highest BCUT2D eigenvalue weighted by atomic mass is 19.4. The van der Waals surface area contributed by atoms with Gasteiger partial charge in [-0.05, 0) is 78.8 Å². The first kappa shape index (κ1) is 31.8. The van der Waals surface area contributed by atoms with Gasteiger partial charge >= 0.3 is 18.4 Å². The lowest BCUT2D eigenvalue weighted by Gasteiger charge is -2.45. The number of likely N-dealkylation sites (tertiary alicyclic amines) is 2. The molecule has 4 atom stereocenters. The van der Waals surface area contributed by atoms with Crippen molar-refractivity contribution >= 4 is 6.03 Å². The van der Waals surface area contributed by atoms with E-state index in [0.717, 1.165) is 24.2 Å². The molecular formula is C33H34F7N3O. The van der Waals surface area contributed by atoms with Crippen molar-refractivity contribution in [3.05, 3.63) is 106 Å². The van der Waals surface area contributed by atoms with E-state index >= 15 is 0 Å². The third-order valence-corrected chi connectivity index (χ3v) is 9.07. The van der Waals surface area contributed by atoms with Gasteiger partial charge in [-0.15, -0.1) is 0 Å². The summed E-state index contributed by atoms with van der Waals surface area (Å²) in [5, 5.41) is 0. The molecule has 3 aromatic carbocycles. The number of fused-ring (bicyclic) bond motifs is 1. The fourth-order valence-corrected chi connectivity index (χ4v) is 6.69. The highest BCUT2D eigenvalue weighted by Crippen LogP contribution is 2.46. The van der Waals surface area contributed by atoms with Gasteiger partial charge in [0.1, 0.15) is 5.82 Å². The molecule has 2 aliphatic heterocycles. The lowest BCUT2D eigenvalue weighted by molar-refractivity contribution is -0.143. The van der Waals surface area contributed by atoms with E-state index in [2.05, 4.69) is 4.90 Å². The number of halogens is 7. The largest absolute Gasteiger partial charge is 0.416 e. The van der Waals surface area contributed by atoms with Gasteiger partial charge in [0, 0.05) is 39.1 Å². The molecule has 2 aliphatic rings. The van der Waals surface area contributed by atoms with Crippen molar-refractivity contribution in [1.29, 1.82) is 0 Å². The molecule has 11 heteroatoms. The maximum atomic E-state index is 14.1. The molecule has 0 radical (unpaired) electrons. The Labute approximate surface area is 252 Å². The maximum Gasteiger partial charge on any atom is 0.416 e. The molecule has 0 spiro atoms. The lowest BCUT2D eigenvalue weighted by Crippen LogP contribution is -2.51. The Kier molecular flexibility index (Phi) is 8.72. The van der Waals surface area contributed by atoms with Crippen LogP contribution < -0.4 is 0 Å². The van der Waals surface area contributed by atoms with E-state index in [1.54, 1.807) is 17.9 Å². The van der Waals surface area contributed by atoms with Gasteiger partial charge in [-0.3, -0.25) is 4.90 Å². The minimum Gasteiger partial charge on any atom is -0.321 e. The number of alkyl halides is 6. The topological polar surface area (TPSA) is 26.8 Å². The number of nitrogens with zero attached hydrogens (tertiary/aromatic N) is 3. The molecule has 2 saturated heterocycles. The average Bonchev–Trinajstić information content (AvgIpc) is 3.37. The van der Waals surface area contributed by atoms with Crippen LogP contribution in [0.2, 0.25) is 0 Å². The standard InChI is InChI=1S/C33H34F7N3O/c1-20-13-27(34)9-10-28(20)30-29-19-42(17-22-7-5-4-6-8-22)18-23(29)11-12-43(30)31(44)41(3)21(2)24-14-25(32(35,36)37)16-26(15-24)33(38,39)40/h4-10,13-16,21,23,29-30H,11-12,17-19H2,1-3H3/t21-,23-,29?,30+/m1/s1. The second-order valence-electron chi connectivity index (χ2n) is 11.9. The number of aryl methyl sites for hydroxylation is 1. The predicted molar refractivity (Wildman–Crippen MR) is 152 cm³/mol. The van der Waals surface area contributed by atoms with Crippen molar-refractivity contribution in [2.24, 2.45) is 11.8 Å². The molecule has 44 heavy (non-hydrogen) atoms. The molecule has 0 aliphatic carbocycles. The summed E-state index contributed by atoms with van der Waals surface area (Å²) in [7, 11) is 1.39. The van der Waals surface area contributed by atoms with Crippen molar-refractivity contribution in [2.45, 2.75) is 51.2 Å². The normalized spacial score (nSPS) is 21.7. The first-order valence-electron chi connectivity index (χ1n) is 14.5. The minimum atomic E-state index is -5.00. The van der Waals surface area contributed by atoms with Crippen LogP contribution in [0, 0.1) is 24.6 Å². The summed E-state index contributed by atoms with van der Waals surface area (Å²) >= 11 is 0. The lowest BCUT2D eigenvalue weighted by atomic mass is 9.78. The Morgan fingerprint density at radius 3 is 2.16 bits per heavy atom. The maximum absolute atomic E-state index is 14.1. The van der Waals surface area contributed by atoms with E-state index < -0.39 is 47.4 Å². The van der Waals surface area contributed by atoms with Crippen LogP contribution in [0.5, 0.6) is 0 Å². The molecular weight excluding hydrogens is 587 g/mol. The van der Waals surface area contributed by atoms with Crippen molar-refractivity contribution in [2.75, 3.05) is 26.7 Å². The van der Waals surface area contributed by atoms with Gasteiger partial charge < -0.3 is 9.80 Å². The number of urea groups is 1. The highest BCUT2D eigenvalue weighted by molar-refractivity contribution is 5.75. The number of amides is 2. The van der Waals surface area contributed by atoms with Crippen LogP contribution in [0.1, 0.15) is 58.8 Å². The Bertz CT molecular complexity index is 1460.